The van der Waals surface area contributed by atoms with Crippen molar-refractivity contribution in [2.24, 2.45) is 0 Å². The fourth-order valence-corrected chi connectivity index (χ4v) is 3.17. The predicted molar refractivity (Wildman–Crippen MR) is 105 cm³/mol. The number of halogens is 3. The number of methoxy groups -OCH3 is 2. The molecule has 1 N–H and O–H groups in total. The monoisotopic (exact) mass is 440 g/mol. The van der Waals surface area contributed by atoms with Crippen molar-refractivity contribution in [3.63, 3.8) is 0 Å². The van der Waals surface area contributed by atoms with Crippen molar-refractivity contribution < 1.29 is 32.2 Å². The summed E-state index contributed by atoms with van der Waals surface area (Å²) in [4.78, 5) is 21.6. The number of alkyl halides is 3. The fraction of sp³-hybridized carbons (Fsp3) is 0.450. The molecule has 1 atom stereocenters. The van der Waals surface area contributed by atoms with E-state index in [1.54, 1.807) is 30.0 Å². The van der Waals surface area contributed by atoms with Crippen LogP contribution in [-0.4, -0.2) is 56.4 Å². The van der Waals surface area contributed by atoms with Gasteiger partial charge in [0, 0.05) is 19.3 Å². The lowest BCUT2D eigenvalue weighted by atomic mass is 10.1. The van der Waals surface area contributed by atoms with Crippen LogP contribution in [-0.2, 0) is 10.9 Å². The average Bonchev–Trinajstić information content (AvgIpc) is 2.78. The van der Waals surface area contributed by atoms with Gasteiger partial charge in [0.05, 0.1) is 33.5 Å². The van der Waals surface area contributed by atoms with E-state index in [9.17, 15) is 18.0 Å². The highest BCUT2D eigenvalue weighted by molar-refractivity contribution is 5.98. The zero-order valence-electron chi connectivity index (χ0n) is 17.3. The molecule has 11 heteroatoms. The highest BCUT2D eigenvalue weighted by atomic mass is 19.4. The lowest BCUT2D eigenvalue weighted by Gasteiger charge is -2.29. The van der Waals surface area contributed by atoms with Gasteiger partial charge in [-0.2, -0.15) is 13.2 Å². The molecule has 0 radical (unpaired) electrons. The Hall–Kier alpha value is -3.08. The molecule has 0 spiro atoms. The van der Waals surface area contributed by atoms with Crippen LogP contribution in [0.1, 0.15) is 34.7 Å². The number of amides is 1. The molecule has 1 aliphatic rings. The molecular weight excluding hydrogens is 417 g/mol. The normalized spacial score (nSPS) is 15.4. The highest BCUT2D eigenvalue weighted by Crippen LogP contribution is 2.31. The molecular formula is C20H23F3N4O4. The maximum Gasteiger partial charge on any atom is 0.451 e. The summed E-state index contributed by atoms with van der Waals surface area (Å²) < 4.78 is 55.2. The van der Waals surface area contributed by atoms with Crippen molar-refractivity contribution in [2.75, 3.05) is 45.4 Å². The fourth-order valence-electron chi connectivity index (χ4n) is 3.17. The van der Waals surface area contributed by atoms with Crippen molar-refractivity contribution in [2.45, 2.75) is 19.1 Å². The van der Waals surface area contributed by atoms with E-state index in [2.05, 4.69) is 15.3 Å². The van der Waals surface area contributed by atoms with Gasteiger partial charge in [-0.25, -0.2) is 9.97 Å². The van der Waals surface area contributed by atoms with E-state index in [1.807, 2.05) is 0 Å². The Labute approximate surface area is 177 Å². The summed E-state index contributed by atoms with van der Waals surface area (Å²) in [7, 11) is 3.01. The van der Waals surface area contributed by atoms with Gasteiger partial charge in [-0.05, 0) is 24.6 Å². The van der Waals surface area contributed by atoms with E-state index in [0.29, 0.717) is 37.8 Å². The largest absolute Gasteiger partial charge is 0.493 e. The molecule has 1 fully saturated rings. The lowest BCUT2D eigenvalue weighted by Crippen LogP contribution is -2.39. The number of aromatic nitrogens is 2. The first kappa shape index (κ1) is 22.6. The molecule has 0 bridgehead atoms. The van der Waals surface area contributed by atoms with Gasteiger partial charge in [-0.1, -0.05) is 6.07 Å². The zero-order valence-corrected chi connectivity index (χ0v) is 17.3. The molecule has 1 saturated heterocycles. The number of carbonyl (C=O) groups is 1. The Kier molecular flexibility index (Phi) is 6.84. The minimum Gasteiger partial charge on any atom is -0.493 e. The second-order valence-corrected chi connectivity index (χ2v) is 6.84. The van der Waals surface area contributed by atoms with Gasteiger partial charge in [-0.3, -0.25) is 4.79 Å². The molecule has 1 aromatic heterocycles. The van der Waals surface area contributed by atoms with Crippen molar-refractivity contribution in [1.29, 1.82) is 0 Å². The van der Waals surface area contributed by atoms with Gasteiger partial charge in [0.1, 0.15) is 11.4 Å². The van der Waals surface area contributed by atoms with E-state index in [-0.39, 0.29) is 11.4 Å². The van der Waals surface area contributed by atoms with Gasteiger partial charge in [0.15, 0.2) is 11.5 Å². The Bertz CT molecular complexity index is 933. The molecule has 31 heavy (non-hydrogen) atoms. The van der Waals surface area contributed by atoms with E-state index < -0.39 is 23.9 Å². The summed E-state index contributed by atoms with van der Waals surface area (Å²) >= 11 is 0. The summed E-state index contributed by atoms with van der Waals surface area (Å²) in [6.07, 6.45) is -3.81. The van der Waals surface area contributed by atoms with E-state index in [1.165, 1.54) is 14.2 Å². The number of rotatable bonds is 6. The molecule has 1 aromatic carbocycles. The van der Waals surface area contributed by atoms with Crippen LogP contribution in [0.5, 0.6) is 11.5 Å². The Morgan fingerprint density at radius 1 is 1.19 bits per heavy atom. The van der Waals surface area contributed by atoms with E-state index >= 15 is 0 Å². The number of morpholine rings is 1. The van der Waals surface area contributed by atoms with Crippen LogP contribution in [0, 0.1) is 0 Å². The number of carbonyl (C=O) groups excluding carboxylic acids is 1. The predicted octanol–water partition coefficient (Wildman–Crippen LogP) is 2.84. The summed E-state index contributed by atoms with van der Waals surface area (Å²) in [6.45, 7) is 3.04. The number of nitrogens with one attached hydrogen (secondary N) is 1. The lowest BCUT2D eigenvalue weighted by molar-refractivity contribution is -0.144. The van der Waals surface area contributed by atoms with Gasteiger partial charge in [0.25, 0.3) is 5.91 Å². The van der Waals surface area contributed by atoms with Gasteiger partial charge in [-0.15, -0.1) is 0 Å². The minimum atomic E-state index is -4.72. The first-order chi connectivity index (χ1) is 14.7. The maximum atomic E-state index is 13.1. The maximum absolute atomic E-state index is 13.1. The Balaban J connectivity index is 1.88. The van der Waals surface area contributed by atoms with Crippen LogP contribution in [0.15, 0.2) is 24.4 Å². The standard InChI is InChI=1S/C20H23F3N4O4/c1-12(13-4-5-15(29-2)16(10-13)30-3)25-18(28)14-11-24-19(20(21,22)23)26-17(14)27-6-8-31-9-7-27/h4-5,10-12H,6-9H2,1-3H3,(H,25,28). The number of hydrogen-bond acceptors (Lipinski definition) is 7. The summed E-state index contributed by atoms with van der Waals surface area (Å²) in [5.41, 5.74) is 0.689. The SMILES string of the molecule is COc1ccc(C(C)NC(=O)c2cnc(C(F)(F)F)nc2N2CCOCC2)cc1OC. The van der Waals surface area contributed by atoms with Crippen LogP contribution in [0.2, 0.25) is 0 Å². The number of benzene rings is 1. The second-order valence-electron chi connectivity index (χ2n) is 6.84. The third-order valence-electron chi connectivity index (χ3n) is 4.83. The molecule has 2 heterocycles. The first-order valence-corrected chi connectivity index (χ1v) is 9.54. The highest BCUT2D eigenvalue weighted by Gasteiger charge is 2.36. The Morgan fingerprint density at radius 3 is 2.48 bits per heavy atom. The van der Waals surface area contributed by atoms with Crippen molar-refractivity contribution in [1.82, 2.24) is 15.3 Å². The molecule has 0 saturated carbocycles. The third kappa shape index (κ3) is 5.16. The number of anilines is 1. The summed E-state index contributed by atoms with van der Waals surface area (Å²) in [5.74, 6) is -0.915. The van der Waals surface area contributed by atoms with Crippen LogP contribution in [0.25, 0.3) is 0 Å². The van der Waals surface area contributed by atoms with E-state index in [4.69, 9.17) is 14.2 Å². The molecule has 1 unspecified atom stereocenters. The topological polar surface area (TPSA) is 85.8 Å². The molecule has 3 rings (SSSR count). The van der Waals surface area contributed by atoms with Crippen molar-refractivity contribution in [3.8, 4) is 11.5 Å². The third-order valence-corrected chi connectivity index (χ3v) is 4.83. The quantitative estimate of drug-likeness (QED) is 0.739. The smallest absolute Gasteiger partial charge is 0.451 e. The van der Waals surface area contributed by atoms with Crippen LogP contribution in [0.3, 0.4) is 0 Å². The van der Waals surface area contributed by atoms with Crippen molar-refractivity contribution >= 4 is 11.7 Å². The summed E-state index contributed by atoms with van der Waals surface area (Å²) in [6, 6.07) is 4.72. The number of nitrogens with zero attached hydrogens (tertiary/aromatic N) is 3. The van der Waals surface area contributed by atoms with Crippen LogP contribution in [0.4, 0.5) is 19.0 Å². The molecule has 2 aromatic rings. The van der Waals surface area contributed by atoms with Crippen molar-refractivity contribution in [3.05, 3.63) is 41.3 Å². The summed E-state index contributed by atoms with van der Waals surface area (Å²) in [5, 5.41) is 2.78. The van der Waals surface area contributed by atoms with Crippen LogP contribution >= 0.6 is 0 Å². The molecule has 8 nitrogen and oxygen atoms in total. The van der Waals surface area contributed by atoms with Gasteiger partial charge >= 0.3 is 6.18 Å². The molecule has 1 amide bonds. The Morgan fingerprint density at radius 2 is 1.87 bits per heavy atom. The molecule has 168 valence electrons. The average molecular weight is 440 g/mol. The zero-order chi connectivity index (χ0) is 22.6. The van der Waals surface area contributed by atoms with E-state index in [0.717, 1.165) is 11.8 Å². The molecule has 0 aliphatic carbocycles. The minimum absolute atomic E-state index is 0.0396. The van der Waals surface area contributed by atoms with Crippen LogP contribution < -0.4 is 19.7 Å². The van der Waals surface area contributed by atoms with Gasteiger partial charge in [0.2, 0.25) is 5.82 Å². The number of hydrogen-bond donors (Lipinski definition) is 1. The molecule has 1 aliphatic heterocycles. The van der Waals surface area contributed by atoms with Gasteiger partial charge < -0.3 is 24.4 Å². The second kappa shape index (κ2) is 9.38. The number of ether oxygens (including phenoxy) is 3. The first-order valence-electron chi connectivity index (χ1n) is 9.54.